The summed E-state index contributed by atoms with van der Waals surface area (Å²) in [6.07, 6.45) is 0. The van der Waals surface area contributed by atoms with E-state index in [1.54, 1.807) is 48.5 Å². The molecule has 0 aromatic heterocycles. The van der Waals surface area contributed by atoms with Crippen LogP contribution in [0, 0.1) is 5.41 Å². The van der Waals surface area contributed by atoms with E-state index < -0.39 is 48.0 Å². The van der Waals surface area contributed by atoms with E-state index in [2.05, 4.69) is 4.31 Å². The molecule has 168 valence electrons. The summed E-state index contributed by atoms with van der Waals surface area (Å²) in [6.45, 7) is -1.87. The topological polar surface area (TPSA) is 171 Å². The normalized spacial score (nSPS) is 12.1. The molecule has 9 nitrogen and oxygen atoms in total. The summed E-state index contributed by atoms with van der Waals surface area (Å²) in [5.41, 5.74) is -2.64. The van der Waals surface area contributed by atoms with Gasteiger partial charge in [0.15, 0.2) is 0 Å². The Kier molecular flexibility index (Phi) is 11.5. The lowest BCUT2D eigenvalue weighted by atomic mass is 9.66. The molecular formula is C17H22Cl2O9P2. The van der Waals surface area contributed by atoms with Crippen LogP contribution < -0.4 is 0 Å². The first-order valence-corrected chi connectivity index (χ1v) is 11.3. The third-order valence-corrected chi connectivity index (χ3v) is 6.02. The van der Waals surface area contributed by atoms with Crippen LogP contribution in [0.5, 0.6) is 0 Å². The van der Waals surface area contributed by atoms with E-state index in [1.165, 1.54) is 0 Å². The number of rotatable bonds is 8. The molecule has 0 aliphatic heterocycles. The largest absolute Gasteiger partial charge is 0.395 e. The highest BCUT2D eigenvalue weighted by atomic mass is 35.5. The number of aliphatic hydroxyl groups excluding tert-OH is 3. The fourth-order valence-electron chi connectivity index (χ4n) is 2.72. The molecule has 2 aromatic rings. The van der Waals surface area contributed by atoms with E-state index in [4.69, 9.17) is 42.8 Å². The number of hydrogen-bond donors (Lipinski definition) is 8. The molecule has 0 saturated heterocycles. The summed E-state index contributed by atoms with van der Waals surface area (Å²) in [4.78, 5) is 31.3. The van der Waals surface area contributed by atoms with Crippen LogP contribution in [0.1, 0.15) is 11.1 Å². The van der Waals surface area contributed by atoms with Crippen molar-refractivity contribution < 1.29 is 44.3 Å². The van der Waals surface area contributed by atoms with E-state index in [1.807, 2.05) is 0 Å². The molecule has 8 N–H and O–H groups in total. The van der Waals surface area contributed by atoms with Gasteiger partial charge in [0.05, 0.1) is 25.2 Å². The lowest BCUT2D eigenvalue weighted by Gasteiger charge is -2.45. The highest BCUT2D eigenvalue weighted by molar-refractivity contribution is 7.53. The van der Waals surface area contributed by atoms with Crippen molar-refractivity contribution in [2.24, 2.45) is 5.41 Å². The van der Waals surface area contributed by atoms with Gasteiger partial charge in [0.2, 0.25) is 0 Å². The second kappa shape index (κ2) is 12.5. The Hall–Kier alpha value is -0.480. The maximum Gasteiger partial charge on any atom is 0.334 e. The van der Waals surface area contributed by atoms with Crippen LogP contribution >= 0.6 is 40.4 Å². The maximum atomic E-state index is 11.5. The molecule has 0 radical (unpaired) electrons. The van der Waals surface area contributed by atoms with Gasteiger partial charge in [0, 0.05) is 10.0 Å². The van der Waals surface area contributed by atoms with E-state index >= 15 is 0 Å². The first kappa shape index (κ1) is 27.6. The molecule has 0 unspecified atom stereocenters. The molecule has 0 heterocycles. The summed E-state index contributed by atoms with van der Waals surface area (Å²) < 4.78 is 3.60. The van der Waals surface area contributed by atoms with Gasteiger partial charge in [-0.3, -0.25) is 0 Å². The molecular weight excluding hydrogens is 481 g/mol. The lowest BCUT2D eigenvalue weighted by molar-refractivity contribution is -0.136. The van der Waals surface area contributed by atoms with Crippen LogP contribution in [0.15, 0.2) is 48.5 Å². The van der Waals surface area contributed by atoms with Crippen molar-refractivity contribution in [3.63, 3.8) is 0 Å². The maximum absolute atomic E-state index is 11.5. The Morgan fingerprint density at radius 1 is 0.667 bits per heavy atom. The Balaban J connectivity index is 0.000000553. The van der Waals surface area contributed by atoms with Crippen molar-refractivity contribution in [1.82, 2.24) is 0 Å². The van der Waals surface area contributed by atoms with Crippen LogP contribution in [-0.2, 0) is 9.91 Å². The Labute approximate surface area is 185 Å². The zero-order valence-corrected chi connectivity index (χ0v) is 18.7. The van der Waals surface area contributed by atoms with Gasteiger partial charge >= 0.3 is 17.2 Å². The van der Waals surface area contributed by atoms with E-state index in [-0.39, 0.29) is 0 Å². The second-order valence-electron chi connectivity index (χ2n) is 6.07. The van der Waals surface area contributed by atoms with Gasteiger partial charge in [-0.2, -0.15) is 0 Å². The third-order valence-electron chi connectivity index (χ3n) is 4.35. The van der Waals surface area contributed by atoms with Crippen molar-refractivity contribution in [2.75, 3.05) is 19.8 Å². The van der Waals surface area contributed by atoms with Crippen molar-refractivity contribution in [2.45, 2.75) is 5.60 Å². The van der Waals surface area contributed by atoms with Crippen LogP contribution in [0.2, 0.25) is 10.0 Å². The SMILES string of the molecule is OCC(CO)(CO)C(O)(c1ccc(Cl)cc1)c1ccc(Cl)cc1.OP(O)OP(O)O. The summed E-state index contributed by atoms with van der Waals surface area (Å²) in [6, 6.07) is 12.7. The molecule has 2 aromatic carbocycles. The van der Waals surface area contributed by atoms with E-state index in [9.17, 15) is 20.4 Å². The molecule has 0 spiro atoms. The Bertz CT molecular complexity index is 697. The smallest absolute Gasteiger partial charge is 0.334 e. The van der Waals surface area contributed by atoms with Gasteiger partial charge in [0.25, 0.3) is 0 Å². The quantitative estimate of drug-likeness (QED) is 0.249. The fourth-order valence-corrected chi connectivity index (χ4v) is 3.49. The highest BCUT2D eigenvalue weighted by Gasteiger charge is 2.52. The summed E-state index contributed by atoms with van der Waals surface area (Å²) in [5, 5.41) is 41.9. The predicted molar refractivity (Wildman–Crippen MR) is 113 cm³/mol. The van der Waals surface area contributed by atoms with Crippen molar-refractivity contribution in [3.05, 3.63) is 69.7 Å². The summed E-state index contributed by atoms with van der Waals surface area (Å²) in [7, 11) is -5.22. The predicted octanol–water partition coefficient (Wildman–Crippen LogP) is 1.62. The molecule has 0 atom stereocenters. The molecule has 2 rings (SSSR count). The second-order valence-corrected chi connectivity index (χ2v) is 8.60. The van der Waals surface area contributed by atoms with Gasteiger partial charge in [-0.05, 0) is 35.4 Å². The third kappa shape index (κ3) is 6.76. The van der Waals surface area contributed by atoms with Crippen molar-refractivity contribution in [1.29, 1.82) is 0 Å². The average Bonchev–Trinajstić information content (AvgIpc) is 2.70. The first-order chi connectivity index (χ1) is 14.1. The Morgan fingerprint density at radius 2 is 0.967 bits per heavy atom. The average molecular weight is 503 g/mol. The number of aliphatic hydroxyl groups is 4. The summed E-state index contributed by atoms with van der Waals surface area (Å²) in [5.74, 6) is 0. The number of hydrogen-bond acceptors (Lipinski definition) is 9. The molecule has 0 fully saturated rings. The van der Waals surface area contributed by atoms with Crippen LogP contribution in [-0.4, -0.2) is 59.8 Å². The standard InChI is InChI=1S/C17H18Cl2O4.H4O5P2/c18-14-5-1-12(2-6-14)17(23,16(9-20,10-21)11-22)13-3-7-15(19)8-4-13;1-6(2)5-7(3)4/h1-8,20-23H,9-11H2;1-4H. The van der Waals surface area contributed by atoms with Gasteiger partial charge in [-0.25, -0.2) is 4.31 Å². The minimum atomic E-state index is -2.61. The lowest BCUT2D eigenvalue weighted by Crippen LogP contribution is -2.54. The van der Waals surface area contributed by atoms with E-state index in [0.717, 1.165) is 0 Å². The van der Waals surface area contributed by atoms with Crippen molar-refractivity contribution >= 4 is 40.4 Å². The van der Waals surface area contributed by atoms with Gasteiger partial charge < -0.3 is 40.0 Å². The summed E-state index contributed by atoms with van der Waals surface area (Å²) >= 11 is 11.8. The highest BCUT2D eigenvalue weighted by Crippen LogP contribution is 2.45. The zero-order valence-electron chi connectivity index (χ0n) is 15.4. The van der Waals surface area contributed by atoms with Gasteiger partial charge in [-0.15, -0.1) is 0 Å². The molecule has 0 aliphatic carbocycles. The zero-order chi connectivity index (χ0) is 22.9. The molecule has 0 amide bonds. The van der Waals surface area contributed by atoms with E-state index in [0.29, 0.717) is 21.2 Å². The molecule has 0 bridgehead atoms. The van der Waals surface area contributed by atoms with Crippen molar-refractivity contribution in [3.8, 4) is 0 Å². The van der Waals surface area contributed by atoms with Crippen LogP contribution in [0.25, 0.3) is 0 Å². The van der Waals surface area contributed by atoms with Crippen LogP contribution in [0.3, 0.4) is 0 Å². The molecule has 30 heavy (non-hydrogen) atoms. The minimum Gasteiger partial charge on any atom is -0.395 e. The van der Waals surface area contributed by atoms with Gasteiger partial charge in [-0.1, -0.05) is 47.5 Å². The molecule has 0 saturated carbocycles. The molecule has 0 aliphatic rings. The fraction of sp³-hybridized carbons (Fsp3) is 0.294. The Morgan fingerprint density at radius 3 is 1.17 bits per heavy atom. The minimum absolute atomic E-state index is 0.390. The first-order valence-electron chi connectivity index (χ1n) is 8.17. The monoisotopic (exact) mass is 502 g/mol. The number of halogens is 2. The van der Waals surface area contributed by atoms with Crippen LogP contribution in [0.4, 0.5) is 0 Å². The van der Waals surface area contributed by atoms with Gasteiger partial charge in [0.1, 0.15) is 5.60 Å². The number of benzene rings is 2. The molecule has 13 heteroatoms.